The third-order valence-corrected chi connectivity index (χ3v) is 4.11. The number of anilines is 1. The van der Waals surface area contributed by atoms with Crippen molar-refractivity contribution in [2.45, 2.75) is 12.8 Å². The molecule has 0 radical (unpaired) electrons. The van der Waals surface area contributed by atoms with Crippen LogP contribution in [0.5, 0.6) is 0 Å². The molecule has 1 fully saturated rings. The molecular formula is C15H17FN4O2. The van der Waals surface area contributed by atoms with E-state index in [1.807, 2.05) is 0 Å². The van der Waals surface area contributed by atoms with Crippen LogP contribution in [0.2, 0.25) is 0 Å². The van der Waals surface area contributed by atoms with E-state index >= 15 is 0 Å². The second kappa shape index (κ2) is 5.40. The Labute approximate surface area is 126 Å². The number of carbonyl (C=O) groups is 2. The highest BCUT2D eigenvalue weighted by Crippen LogP contribution is 2.22. The lowest BCUT2D eigenvalue weighted by molar-refractivity contribution is -0.137. The Morgan fingerprint density at radius 1 is 1.41 bits per heavy atom. The first kappa shape index (κ1) is 14.5. The molecule has 0 bridgehead atoms. The van der Waals surface area contributed by atoms with E-state index in [9.17, 15) is 14.0 Å². The van der Waals surface area contributed by atoms with Gasteiger partial charge >= 0.3 is 0 Å². The van der Waals surface area contributed by atoms with E-state index in [1.165, 1.54) is 12.1 Å². The fourth-order valence-electron chi connectivity index (χ4n) is 2.66. The quantitative estimate of drug-likeness (QED) is 0.914. The number of piperidine rings is 1. The Balaban J connectivity index is 1.79. The Kier molecular flexibility index (Phi) is 3.56. The highest BCUT2D eigenvalue weighted by atomic mass is 19.1. The number of benzene rings is 1. The number of hydrogen-bond acceptors (Lipinski definition) is 3. The number of nitrogens with zero attached hydrogens (tertiary/aromatic N) is 3. The van der Waals surface area contributed by atoms with Crippen LogP contribution in [-0.4, -0.2) is 39.9 Å². The standard InChI is InChI=1S/C15H17FN4O2/c1-19-6-5-9(7-13(19)21)14(22)18-15-17-11-8-10(16)3-4-12(11)20(15)2/h3-4,8-9H,5-7H2,1-2H3,(H,17,18,22)/t9-/m0/s1. The molecule has 1 saturated heterocycles. The van der Waals surface area contributed by atoms with Gasteiger partial charge in [0.25, 0.3) is 0 Å². The van der Waals surface area contributed by atoms with Crippen molar-refractivity contribution < 1.29 is 14.0 Å². The molecular weight excluding hydrogens is 287 g/mol. The van der Waals surface area contributed by atoms with Crippen molar-refractivity contribution in [3.63, 3.8) is 0 Å². The summed E-state index contributed by atoms with van der Waals surface area (Å²) >= 11 is 0. The van der Waals surface area contributed by atoms with Crippen LogP contribution in [0.15, 0.2) is 18.2 Å². The molecule has 3 rings (SSSR count). The molecule has 2 amide bonds. The van der Waals surface area contributed by atoms with Crippen LogP contribution >= 0.6 is 0 Å². The van der Waals surface area contributed by atoms with Crippen molar-refractivity contribution in [3.05, 3.63) is 24.0 Å². The maximum absolute atomic E-state index is 13.2. The zero-order valence-electron chi connectivity index (χ0n) is 12.5. The molecule has 116 valence electrons. The molecule has 1 atom stereocenters. The zero-order chi connectivity index (χ0) is 15.9. The van der Waals surface area contributed by atoms with Crippen LogP contribution in [0.25, 0.3) is 11.0 Å². The van der Waals surface area contributed by atoms with Crippen molar-refractivity contribution in [1.29, 1.82) is 0 Å². The first-order valence-corrected chi connectivity index (χ1v) is 7.12. The van der Waals surface area contributed by atoms with E-state index in [2.05, 4.69) is 10.3 Å². The molecule has 1 N–H and O–H groups in total. The molecule has 1 aliphatic rings. The van der Waals surface area contributed by atoms with Crippen molar-refractivity contribution in [2.75, 3.05) is 18.9 Å². The zero-order valence-corrected chi connectivity index (χ0v) is 12.5. The topological polar surface area (TPSA) is 67.2 Å². The van der Waals surface area contributed by atoms with E-state index < -0.39 is 0 Å². The number of fused-ring (bicyclic) bond motifs is 1. The maximum Gasteiger partial charge on any atom is 0.230 e. The summed E-state index contributed by atoms with van der Waals surface area (Å²) in [5, 5.41) is 2.74. The van der Waals surface area contributed by atoms with Crippen LogP contribution in [0.1, 0.15) is 12.8 Å². The summed E-state index contributed by atoms with van der Waals surface area (Å²) < 4.78 is 14.9. The molecule has 2 aromatic rings. The van der Waals surface area contributed by atoms with Crippen LogP contribution in [-0.2, 0) is 16.6 Å². The summed E-state index contributed by atoms with van der Waals surface area (Å²) in [6, 6.07) is 4.29. The van der Waals surface area contributed by atoms with Gasteiger partial charge in [-0.05, 0) is 18.6 Å². The van der Waals surface area contributed by atoms with Crippen molar-refractivity contribution in [2.24, 2.45) is 13.0 Å². The minimum absolute atomic E-state index is 0.0292. The summed E-state index contributed by atoms with van der Waals surface area (Å²) in [5.41, 5.74) is 1.22. The lowest BCUT2D eigenvalue weighted by Crippen LogP contribution is -2.40. The second-order valence-electron chi connectivity index (χ2n) is 5.62. The second-order valence-corrected chi connectivity index (χ2v) is 5.62. The number of rotatable bonds is 2. The van der Waals surface area contributed by atoms with Gasteiger partial charge in [0.05, 0.1) is 11.0 Å². The molecule has 7 heteroatoms. The van der Waals surface area contributed by atoms with Crippen LogP contribution < -0.4 is 5.32 Å². The van der Waals surface area contributed by atoms with Gasteiger partial charge in [-0.15, -0.1) is 0 Å². The van der Waals surface area contributed by atoms with Crippen molar-refractivity contribution in [3.8, 4) is 0 Å². The van der Waals surface area contributed by atoms with Gasteiger partial charge in [0.1, 0.15) is 5.82 Å². The predicted molar refractivity (Wildman–Crippen MR) is 79.7 cm³/mol. The molecule has 1 aromatic carbocycles. The fourth-order valence-corrected chi connectivity index (χ4v) is 2.66. The monoisotopic (exact) mass is 304 g/mol. The number of aryl methyl sites for hydroxylation is 1. The normalized spacial score (nSPS) is 18.8. The number of aromatic nitrogens is 2. The van der Waals surface area contributed by atoms with Crippen molar-refractivity contribution >= 4 is 28.8 Å². The highest BCUT2D eigenvalue weighted by molar-refractivity contribution is 5.96. The molecule has 22 heavy (non-hydrogen) atoms. The predicted octanol–water partition coefficient (Wildman–Crippen LogP) is 1.52. The van der Waals surface area contributed by atoms with E-state index in [-0.39, 0.29) is 30.0 Å². The number of hydrogen-bond donors (Lipinski definition) is 1. The van der Waals surface area contributed by atoms with Gasteiger partial charge in [0.2, 0.25) is 17.8 Å². The van der Waals surface area contributed by atoms with Crippen LogP contribution in [0, 0.1) is 11.7 Å². The van der Waals surface area contributed by atoms with Gasteiger partial charge in [-0.3, -0.25) is 14.9 Å². The maximum atomic E-state index is 13.2. The van der Waals surface area contributed by atoms with Gasteiger partial charge in [0, 0.05) is 39.0 Å². The summed E-state index contributed by atoms with van der Waals surface area (Å²) in [7, 11) is 3.49. The fraction of sp³-hybridized carbons (Fsp3) is 0.400. The first-order valence-electron chi connectivity index (χ1n) is 7.12. The molecule has 0 aliphatic carbocycles. The van der Waals surface area contributed by atoms with Crippen molar-refractivity contribution in [1.82, 2.24) is 14.5 Å². The minimum atomic E-state index is -0.371. The number of carbonyl (C=O) groups excluding carboxylic acids is 2. The smallest absolute Gasteiger partial charge is 0.230 e. The molecule has 1 aromatic heterocycles. The summed E-state index contributed by atoms with van der Waals surface area (Å²) in [5.74, 6) is -0.611. The van der Waals surface area contributed by atoms with E-state index in [4.69, 9.17) is 0 Å². The number of likely N-dealkylation sites (tertiary alicyclic amines) is 1. The molecule has 0 saturated carbocycles. The Morgan fingerprint density at radius 2 is 2.18 bits per heavy atom. The molecule has 1 aliphatic heterocycles. The van der Waals surface area contributed by atoms with Crippen LogP contribution in [0.4, 0.5) is 10.3 Å². The third-order valence-electron chi connectivity index (χ3n) is 4.11. The average molecular weight is 304 g/mol. The number of imidazole rings is 1. The highest BCUT2D eigenvalue weighted by Gasteiger charge is 2.29. The largest absolute Gasteiger partial charge is 0.346 e. The summed E-state index contributed by atoms with van der Waals surface area (Å²) in [4.78, 5) is 29.9. The van der Waals surface area contributed by atoms with Gasteiger partial charge in [-0.1, -0.05) is 0 Å². The average Bonchev–Trinajstić information content (AvgIpc) is 2.77. The lowest BCUT2D eigenvalue weighted by atomic mass is 9.96. The van der Waals surface area contributed by atoms with Gasteiger partial charge < -0.3 is 9.47 Å². The first-order chi connectivity index (χ1) is 10.5. The summed E-state index contributed by atoms with van der Waals surface area (Å²) in [6.07, 6.45) is 0.841. The van der Waals surface area contributed by atoms with Crippen LogP contribution in [0.3, 0.4) is 0 Å². The van der Waals surface area contributed by atoms with E-state index in [0.717, 1.165) is 5.52 Å². The van der Waals surface area contributed by atoms with Gasteiger partial charge in [-0.2, -0.15) is 0 Å². The minimum Gasteiger partial charge on any atom is -0.346 e. The Bertz CT molecular complexity index is 755. The summed E-state index contributed by atoms with van der Waals surface area (Å²) in [6.45, 7) is 0.574. The molecule has 2 heterocycles. The van der Waals surface area contributed by atoms with Gasteiger partial charge in [0.15, 0.2) is 0 Å². The number of nitrogens with one attached hydrogen (secondary N) is 1. The Hall–Kier alpha value is -2.44. The third kappa shape index (κ3) is 2.54. The SMILES string of the molecule is CN1CC[C@H](C(=O)Nc2nc3cc(F)ccc3n2C)CC1=O. The molecule has 0 unspecified atom stereocenters. The number of amides is 2. The molecule has 6 nitrogen and oxygen atoms in total. The van der Waals surface area contributed by atoms with Gasteiger partial charge in [-0.25, -0.2) is 9.37 Å². The molecule has 0 spiro atoms. The van der Waals surface area contributed by atoms with E-state index in [1.54, 1.807) is 29.6 Å². The van der Waals surface area contributed by atoms with E-state index in [0.29, 0.717) is 24.4 Å². The number of halogens is 1. The Morgan fingerprint density at radius 3 is 2.91 bits per heavy atom. The lowest BCUT2D eigenvalue weighted by Gasteiger charge is -2.27.